The fourth-order valence-electron chi connectivity index (χ4n) is 3.78. The predicted octanol–water partition coefficient (Wildman–Crippen LogP) is 2.20. The summed E-state index contributed by atoms with van der Waals surface area (Å²) in [5.41, 5.74) is 1.33. The van der Waals surface area contributed by atoms with Crippen molar-refractivity contribution < 1.29 is 19.1 Å². The maximum Gasteiger partial charge on any atom is 0.255 e. The van der Waals surface area contributed by atoms with Crippen molar-refractivity contribution in [3.8, 4) is 11.5 Å². The number of likely N-dealkylation sites (tertiary alicyclic amines) is 1. The third-order valence-corrected chi connectivity index (χ3v) is 5.53. The molecule has 1 fully saturated rings. The van der Waals surface area contributed by atoms with Gasteiger partial charge in [0, 0.05) is 43.9 Å². The van der Waals surface area contributed by atoms with Gasteiger partial charge in [-0.15, -0.1) is 0 Å². The quantitative estimate of drug-likeness (QED) is 0.863. The first-order valence-electron chi connectivity index (χ1n) is 9.37. The number of hydrogen-bond donors (Lipinski definition) is 1. The molecule has 7 heteroatoms. The first-order valence-corrected chi connectivity index (χ1v) is 9.37. The lowest BCUT2D eigenvalue weighted by atomic mass is 9.90. The molecule has 4 rings (SSSR count). The number of aromatic nitrogens is 1. The fraction of sp³-hybridized carbons (Fsp3) is 0.381. The lowest BCUT2D eigenvalue weighted by molar-refractivity contribution is 0.00758. The highest BCUT2D eigenvalue weighted by molar-refractivity contribution is 5.97. The molecular weight excluding hydrogens is 358 g/mol. The molecule has 0 saturated carbocycles. The van der Waals surface area contributed by atoms with Crippen molar-refractivity contribution in [1.29, 1.82) is 0 Å². The number of nitrogens with zero attached hydrogens (tertiary/aromatic N) is 2. The Morgan fingerprint density at radius 1 is 1.29 bits per heavy atom. The normalized spacial score (nSPS) is 17.9. The van der Waals surface area contributed by atoms with Crippen LogP contribution in [0.4, 0.5) is 0 Å². The Kier molecular flexibility index (Phi) is 4.66. The lowest BCUT2D eigenvalue weighted by Gasteiger charge is -2.41. The number of ether oxygens (including phenoxy) is 2. The Balaban J connectivity index is 1.52. The van der Waals surface area contributed by atoms with Crippen LogP contribution in [-0.4, -0.2) is 54.0 Å². The second-order valence-electron chi connectivity index (χ2n) is 7.26. The zero-order chi connectivity index (χ0) is 19.7. The topological polar surface area (TPSA) is 80.8 Å². The maximum atomic E-state index is 12.9. The summed E-state index contributed by atoms with van der Waals surface area (Å²) in [7, 11) is 1.58. The molecule has 2 aliphatic heterocycles. The fourth-order valence-corrected chi connectivity index (χ4v) is 3.78. The molecule has 0 unspecified atom stereocenters. The molecule has 1 aromatic heterocycles. The van der Waals surface area contributed by atoms with Crippen LogP contribution >= 0.6 is 0 Å². The van der Waals surface area contributed by atoms with Gasteiger partial charge in [-0.2, -0.15) is 0 Å². The summed E-state index contributed by atoms with van der Waals surface area (Å²) in [6.07, 6.45) is 2.95. The summed E-state index contributed by atoms with van der Waals surface area (Å²) in [5, 5.41) is 2.97. The van der Waals surface area contributed by atoms with Crippen LogP contribution in [0.1, 0.15) is 39.3 Å². The van der Waals surface area contributed by atoms with Gasteiger partial charge in [-0.05, 0) is 31.2 Å². The predicted molar refractivity (Wildman–Crippen MR) is 103 cm³/mol. The molecule has 0 atom stereocenters. The van der Waals surface area contributed by atoms with Crippen molar-refractivity contribution in [2.24, 2.45) is 0 Å². The van der Waals surface area contributed by atoms with Crippen molar-refractivity contribution in [2.75, 3.05) is 26.7 Å². The van der Waals surface area contributed by atoms with Crippen molar-refractivity contribution in [1.82, 2.24) is 15.2 Å². The van der Waals surface area contributed by atoms with E-state index in [1.807, 2.05) is 11.8 Å². The Bertz CT molecular complexity index is 920. The molecule has 7 nitrogen and oxygen atoms in total. The van der Waals surface area contributed by atoms with Gasteiger partial charge >= 0.3 is 0 Å². The zero-order valence-electron chi connectivity index (χ0n) is 16.0. The van der Waals surface area contributed by atoms with Crippen molar-refractivity contribution in [2.45, 2.75) is 25.4 Å². The van der Waals surface area contributed by atoms with E-state index in [0.29, 0.717) is 55.1 Å². The Labute approximate surface area is 163 Å². The first kappa shape index (κ1) is 18.3. The zero-order valence-corrected chi connectivity index (χ0v) is 16.0. The standard InChI is InChI=1S/C21H23N3O4/c1-14-16(4-3-9-22-14)20(26)24-10-7-21(8-11-24)13-23-19(25)17-6-5-15(27-2)12-18(17)28-21/h3-6,9,12H,7-8,10-11,13H2,1-2H3,(H,23,25). The molecule has 1 spiro atoms. The number of aryl methyl sites for hydroxylation is 1. The number of hydrogen-bond acceptors (Lipinski definition) is 5. The third-order valence-electron chi connectivity index (χ3n) is 5.53. The second kappa shape index (κ2) is 7.14. The average Bonchev–Trinajstić information content (AvgIpc) is 2.85. The van der Waals surface area contributed by atoms with Crippen LogP contribution in [0.5, 0.6) is 11.5 Å². The summed E-state index contributed by atoms with van der Waals surface area (Å²) in [6.45, 7) is 3.37. The largest absolute Gasteiger partial charge is 0.497 e. The maximum absolute atomic E-state index is 12.9. The van der Waals surface area contributed by atoms with Gasteiger partial charge < -0.3 is 19.7 Å². The molecule has 0 aliphatic carbocycles. The molecule has 2 amide bonds. The number of pyridine rings is 1. The Morgan fingerprint density at radius 2 is 2.07 bits per heavy atom. The minimum Gasteiger partial charge on any atom is -0.497 e. The number of benzene rings is 1. The van der Waals surface area contributed by atoms with E-state index in [1.54, 1.807) is 43.6 Å². The number of carbonyl (C=O) groups excluding carboxylic acids is 2. The molecule has 0 bridgehead atoms. The van der Waals surface area contributed by atoms with Crippen LogP contribution in [0.2, 0.25) is 0 Å². The van der Waals surface area contributed by atoms with Gasteiger partial charge in [0.05, 0.1) is 24.8 Å². The number of rotatable bonds is 2. The van der Waals surface area contributed by atoms with E-state index in [0.717, 1.165) is 5.69 Å². The van der Waals surface area contributed by atoms with E-state index in [1.165, 1.54) is 0 Å². The van der Waals surface area contributed by atoms with Gasteiger partial charge in [0.1, 0.15) is 17.1 Å². The SMILES string of the molecule is COc1ccc2c(c1)OC1(CCN(C(=O)c3cccnc3C)CC1)CNC2=O. The molecule has 28 heavy (non-hydrogen) atoms. The van der Waals surface area contributed by atoms with Gasteiger partial charge in [-0.25, -0.2) is 0 Å². The minimum atomic E-state index is -0.534. The number of carbonyl (C=O) groups is 2. The lowest BCUT2D eigenvalue weighted by Crippen LogP contribution is -2.54. The molecule has 3 heterocycles. The minimum absolute atomic E-state index is 0.0137. The van der Waals surface area contributed by atoms with E-state index in [4.69, 9.17) is 9.47 Å². The van der Waals surface area contributed by atoms with Gasteiger partial charge in [0.2, 0.25) is 0 Å². The van der Waals surface area contributed by atoms with Crippen LogP contribution < -0.4 is 14.8 Å². The van der Waals surface area contributed by atoms with E-state index < -0.39 is 5.60 Å². The van der Waals surface area contributed by atoms with Gasteiger partial charge in [0.25, 0.3) is 11.8 Å². The van der Waals surface area contributed by atoms with Crippen LogP contribution in [0.15, 0.2) is 36.5 Å². The van der Waals surface area contributed by atoms with Gasteiger partial charge in [-0.3, -0.25) is 14.6 Å². The summed E-state index contributed by atoms with van der Waals surface area (Å²) in [6, 6.07) is 8.79. The molecule has 1 N–H and O–H groups in total. The highest BCUT2D eigenvalue weighted by Crippen LogP contribution is 2.35. The van der Waals surface area contributed by atoms with Crippen molar-refractivity contribution in [3.05, 3.63) is 53.3 Å². The number of piperidine rings is 1. The Hall–Kier alpha value is -3.09. The van der Waals surface area contributed by atoms with E-state index in [-0.39, 0.29) is 11.8 Å². The number of nitrogens with one attached hydrogen (secondary N) is 1. The van der Waals surface area contributed by atoms with Gasteiger partial charge in [0.15, 0.2) is 0 Å². The summed E-state index contributed by atoms with van der Waals surface area (Å²) in [5.74, 6) is 1.000. The smallest absolute Gasteiger partial charge is 0.255 e. The average molecular weight is 381 g/mol. The van der Waals surface area contributed by atoms with E-state index in [2.05, 4.69) is 10.3 Å². The molecule has 146 valence electrons. The van der Waals surface area contributed by atoms with Gasteiger partial charge in [-0.1, -0.05) is 0 Å². The van der Waals surface area contributed by atoms with Crippen LogP contribution in [-0.2, 0) is 0 Å². The summed E-state index contributed by atoms with van der Waals surface area (Å²) < 4.78 is 11.6. The van der Waals surface area contributed by atoms with Crippen molar-refractivity contribution in [3.63, 3.8) is 0 Å². The molecule has 1 saturated heterocycles. The highest BCUT2D eigenvalue weighted by Gasteiger charge is 2.41. The number of fused-ring (bicyclic) bond motifs is 1. The third kappa shape index (κ3) is 3.28. The van der Waals surface area contributed by atoms with Crippen molar-refractivity contribution >= 4 is 11.8 Å². The van der Waals surface area contributed by atoms with Crippen LogP contribution in [0.25, 0.3) is 0 Å². The molecule has 0 radical (unpaired) electrons. The van der Waals surface area contributed by atoms with Crippen LogP contribution in [0, 0.1) is 6.92 Å². The highest BCUT2D eigenvalue weighted by atomic mass is 16.5. The molecule has 1 aromatic carbocycles. The second-order valence-corrected chi connectivity index (χ2v) is 7.26. The molecular formula is C21H23N3O4. The monoisotopic (exact) mass is 381 g/mol. The van der Waals surface area contributed by atoms with E-state index >= 15 is 0 Å². The molecule has 2 aliphatic rings. The van der Waals surface area contributed by atoms with Crippen LogP contribution in [0.3, 0.4) is 0 Å². The Morgan fingerprint density at radius 3 is 2.79 bits per heavy atom. The molecule has 2 aromatic rings. The first-order chi connectivity index (χ1) is 13.5. The summed E-state index contributed by atoms with van der Waals surface area (Å²) >= 11 is 0. The van der Waals surface area contributed by atoms with E-state index in [9.17, 15) is 9.59 Å². The summed E-state index contributed by atoms with van der Waals surface area (Å²) in [4.78, 5) is 31.3. The number of methoxy groups -OCH3 is 1. The number of amides is 2.